The molecule has 41 heavy (non-hydrogen) atoms. The number of para-hydroxylation sites is 1. The molecule has 2 aromatic heterocycles. The van der Waals surface area contributed by atoms with Gasteiger partial charge >= 0.3 is 6.16 Å². The molecule has 0 unspecified atom stereocenters. The smallest absolute Gasteiger partial charge is 0.394 e. The fraction of sp³-hybridized carbons (Fsp3) is 0.571. The van der Waals surface area contributed by atoms with E-state index in [0.29, 0.717) is 42.9 Å². The van der Waals surface area contributed by atoms with Gasteiger partial charge in [-0.2, -0.15) is 9.97 Å². The Labute approximate surface area is 252 Å². The van der Waals surface area contributed by atoms with E-state index in [1.165, 1.54) is 12.8 Å². The first-order valence-corrected chi connectivity index (χ1v) is 14.3. The number of nitrogens with two attached hydrogens (primary N) is 1. The van der Waals surface area contributed by atoms with Gasteiger partial charge < -0.3 is 30.5 Å². The molecular formula is C28H40Cl2N8O3. The second-order valence-corrected chi connectivity index (χ2v) is 11.0. The van der Waals surface area contributed by atoms with Crippen LogP contribution < -0.4 is 21.1 Å². The molecule has 0 bridgehead atoms. The maximum Gasteiger partial charge on any atom is 0.533 e. The van der Waals surface area contributed by atoms with Crippen molar-refractivity contribution in [3.63, 3.8) is 0 Å². The lowest BCUT2D eigenvalue weighted by Crippen LogP contribution is -2.41. The van der Waals surface area contributed by atoms with Crippen molar-refractivity contribution in [2.75, 3.05) is 23.7 Å². The summed E-state index contributed by atoms with van der Waals surface area (Å²) in [5.74, 6) is 1.87. The largest absolute Gasteiger partial charge is 0.533 e. The molecule has 0 spiro atoms. The number of hydrogen-bond donors (Lipinski definition) is 3. The number of imidazole rings is 1. The van der Waals surface area contributed by atoms with Gasteiger partial charge in [-0.1, -0.05) is 31.0 Å². The van der Waals surface area contributed by atoms with Crippen molar-refractivity contribution >= 4 is 53.9 Å². The normalized spacial score (nSPS) is 22.0. The molecule has 11 nitrogen and oxygen atoms in total. The van der Waals surface area contributed by atoms with Gasteiger partial charge in [0.05, 0.1) is 6.33 Å². The second-order valence-electron chi connectivity index (χ2n) is 11.0. The first kappa shape index (κ1) is 31.1. The Hall–Kier alpha value is -2.86. The molecule has 3 aliphatic rings. The predicted octanol–water partition coefficient (Wildman–Crippen LogP) is 5.47. The number of fused-ring (bicyclic) bond motifs is 1. The Morgan fingerprint density at radius 1 is 0.878 bits per heavy atom. The number of nitrogens with zero attached hydrogens (tertiary/aromatic N) is 5. The maximum absolute atomic E-state index is 12.2. The van der Waals surface area contributed by atoms with Gasteiger partial charge in [-0.3, -0.25) is 0 Å². The third kappa shape index (κ3) is 7.71. The molecule has 1 aromatic carbocycles. The van der Waals surface area contributed by atoms with Crippen LogP contribution in [0.2, 0.25) is 0 Å². The zero-order valence-electron chi connectivity index (χ0n) is 23.1. The van der Waals surface area contributed by atoms with E-state index in [9.17, 15) is 4.79 Å². The Balaban J connectivity index is 0.00000194. The first-order chi connectivity index (χ1) is 19.1. The number of carbonyl (C=O) groups excluding carboxylic acids is 1. The summed E-state index contributed by atoms with van der Waals surface area (Å²) in [6, 6.07) is 10.2. The number of benzene rings is 1. The third-order valence-electron chi connectivity index (χ3n) is 8.19. The molecule has 0 amide bonds. The van der Waals surface area contributed by atoms with Crippen molar-refractivity contribution in [1.82, 2.24) is 24.6 Å². The fourth-order valence-corrected chi connectivity index (χ4v) is 5.97. The molecule has 0 atom stereocenters. The monoisotopic (exact) mass is 606 g/mol. The first-order valence-electron chi connectivity index (χ1n) is 14.3. The van der Waals surface area contributed by atoms with Gasteiger partial charge in [-0.05, 0) is 63.5 Å². The summed E-state index contributed by atoms with van der Waals surface area (Å²) in [4.78, 5) is 32.2. The molecule has 2 aliphatic carbocycles. The molecule has 0 radical (unpaired) electrons. The third-order valence-corrected chi connectivity index (χ3v) is 8.19. The number of anilines is 2. The maximum atomic E-state index is 12.2. The molecule has 4 N–H and O–H groups in total. The van der Waals surface area contributed by atoms with Gasteiger partial charge in [0.25, 0.3) is 0 Å². The van der Waals surface area contributed by atoms with E-state index in [1.807, 2.05) is 24.5 Å². The standard InChI is InChI=1S/C28H38N8O3.2ClH/c29-19-10-12-20(13-11-19)32-27-33-25(24-26(34-27)36(18-30-24)22-6-4-5-7-22)31-21-14-16-35(17-15-21)39-28(37)38-23-8-2-1-3-9-23;;/h1-3,8-9,18-22H,4-7,10-17,29H2,(H2,31,32,33,34);2*1H. The summed E-state index contributed by atoms with van der Waals surface area (Å²) >= 11 is 0. The molecule has 6 rings (SSSR count). The van der Waals surface area contributed by atoms with E-state index < -0.39 is 6.16 Å². The Bertz CT molecular complexity index is 1260. The van der Waals surface area contributed by atoms with Gasteiger partial charge in [0.15, 0.2) is 17.0 Å². The minimum Gasteiger partial charge on any atom is -0.394 e. The molecule has 13 heteroatoms. The van der Waals surface area contributed by atoms with E-state index >= 15 is 0 Å². The van der Waals surface area contributed by atoms with Gasteiger partial charge in [-0.15, -0.1) is 29.9 Å². The van der Waals surface area contributed by atoms with Crippen molar-refractivity contribution in [3.8, 4) is 5.75 Å². The molecule has 1 aliphatic heterocycles. The second kappa shape index (κ2) is 14.4. The summed E-state index contributed by atoms with van der Waals surface area (Å²) in [7, 11) is 0. The van der Waals surface area contributed by atoms with E-state index in [0.717, 1.165) is 68.3 Å². The topological polar surface area (TPSA) is 132 Å². The van der Waals surface area contributed by atoms with Crippen LogP contribution in [0.3, 0.4) is 0 Å². The van der Waals surface area contributed by atoms with Crippen LogP contribution >= 0.6 is 24.8 Å². The summed E-state index contributed by atoms with van der Waals surface area (Å²) < 4.78 is 7.50. The van der Waals surface area contributed by atoms with E-state index in [2.05, 4.69) is 15.2 Å². The van der Waals surface area contributed by atoms with Gasteiger partial charge in [0.1, 0.15) is 5.75 Å². The SMILES string of the molecule is Cl.Cl.NC1CCC(Nc2nc(NC3CCN(OC(=O)Oc4ccccc4)CC3)c3ncn(C4CCCC4)c3n2)CC1. The zero-order chi connectivity index (χ0) is 26.6. The minimum atomic E-state index is -0.720. The number of rotatable bonds is 7. The summed E-state index contributed by atoms with van der Waals surface area (Å²) in [5, 5.41) is 8.89. The number of ether oxygens (including phenoxy) is 1. The van der Waals surface area contributed by atoms with Crippen LogP contribution in [0, 0.1) is 0 Å². The number of hydrogen-bond acceptors (Lipinski definition) is 10. The van der Waals surface area contributed by atoms with Crippen molar-refractivity contribution < 1.29 is 14.4 Å². The number of carbonyl (C=O) groups is 1. The van der Waals surface area contributed by atoms with Crippen LogP contribution in [0.4, 0.5) is 16.6 Å². The molecule has 2 saturated carbocycles. The lowest BCUT2D eigenvalue weighted by molar-refractivity contribution is -0.127. The number of aromatic nitrogens is 4. The highest BCUT2D eigenvalue weighted by Gasteiger charge is 2.27. The number of nitrogens with one attached hydrogen (secondary N) is 2. The summed E-state index contributed by atoms with van der Waals surface area (Å²) in [5.41, 5.74) is 7.82. The Morgan fingerprint density at radius 3 is 2.27 bits per heavy atom. The van der Waals surface area contributed by atoms with E-state index in [4.69, 9.17) is 30.3 Å². The zero-order valence-corrected chi connectivity index (χ0v) is 24.7. The minimum absolute atomic E-state index is 0. The summed E-state index contributed by atoms with van der Waals surface area (Å²) in [6.45, 7) is 1.19. The van der Waals surface area contributed by atoms with Crippen LogP contribution in [0.15, 0.2) is 36.7 Å². The van der Waals surface area contributed by atoms with Crippen molar-refractivity contribution in [2.24, 2.45) is 5.73 Å². The fourth-order valence-electron chi connectivity index (χ4n) is 5.97. The van der Waals surface area contributed by atoms with Crippen LogP contribution in [0.25, 0.3) is 11.2 Å². The quantitative estimate of drug-likeness (QED) is 0.235. The molecule has 1 saturated heterocycles. The Morgan fingerprint density at radius 2 is 1.56 bits per heavy atom. The average molecular weight is 608 g/mol. The lowest BCUT2D eigenvalue weighted by atomic mass is 9.92. The van der Waals surface area contributed by atoms with Gasteiger partial charge in [-0.25, -0.2) is 9.78 Å². The van der Waals surface area contributed by atoms with Crippen molar-refractivity contribution in [1.29, 1.82) is 0 Å². The van der Waals surface area contributed by atoms with Crippen LogP contribution in [0.5, 0.6) is 5.75 Å². The number of piperidine rings is 1. The van der Waals surface area contributed by atoms with E-state index in [-0.39, 0.29) is 30.9 Å². The van der Waals surface area contributed by atoms with Crippen LogP contribution in [0.1, 0.15) is 70.3 Å². The van der Waals surface area contributed by atoms with Crippen LogP contribution in [-0.4, -0.2) is 62.0 Å². The highest BCUT2D eigenvalue weighted by molar-refractivity contribution is 5.86. The average Bonchev–Trinajstić information content (AvgIpc) is 3.62. The summed E-state index contributed by atoms with van der Waals surface area (Å²) in [6.07, 6.45) is 11.7. The van der Waals surface area contributed by atoms with Crippen molar-refractivity contribution in [2.45, 2.75) is 88.4 Å². The predicted molar refractivity (Wildman–Crippen MR) is 163 cm³/mol. The molecule has 224 valence electrons. The highest BCUT2D eigenvalue weighted by atomic mass is 35.5. The van der Waals surface area contributed by atoms with E-state index in [1.54, 1.807) is 17.2 Å². The highest BCUT2D eigenvalue weighted by Crippen LogP contribution is 2.34. The number of hydroxylamine groups is 2. The Kier molecular flexibility index (Phi) is 10.9. The van der Waals surface area contributed by atoms with Gasteiger partial charge in [0, 0.05) is 37.3 Å². The lowest BCUT2D eigenvalue weighted by Gasteiger charge is -2.31. The number of halogens is 2. The van der Waals surface area contributed by atoms with Gasteiger partial charge in [0.2, 0.25) is 5.95 Å². The molecule has 3 aromatic rings. The molecular weight excluding hydrogens is 567 g/mol. The molecule has 3 fully saturated rings. The molecule has 3 heterocycles. The van der Waals surface area contributed by atoms with Crippen molar-refractivity contribution in [3.05, 3.63) is 36.7 Å². The van der Waals surface area contributed by atoms with Crippen LogP contribution in [-0.2, 0) is 4.84 Å².